The Labute approximate surface area is 176 Å². The molecule has 2 aliphatic heterocycles. The number of hydrogen-bond donors (Lipinski definition) is 2. The van der Waals surface area contributed by atoms with Gasteiger partial charge in [0.25, 0.3) is 5.91 Å². The maximum atomic E-state index is 13.9. The van der Waals surface area contributed by atoms with Crippen LogP contribution < -0.4 is 5.32 Å². The number of hydrogen-bond acceptors (Lipinski definition) is 3. The van der Waals surface area contributed by atoms with E-state index in [2.05, 4.69) is 57.7 Å². The third-order valence-electron chi connectivity index (χ3n) is 7.96. The van der Waals surface area contributed by atoms with E-state index in [0.717, 1.165) is 30.2 Å². The number of piperidine rings is 1. The molecule has 0 radical (unpaired) electrons. The second-order valence-electron chi connectivity index (χ2n) is 9.57. The number of rotatable bonds is 3. The highest BCUT2D eigenvalue weighted by Gasteiger charge is 2.61. The van der Waals surface area contributed by atoms with Gasteiger partial charge in [0.15, 0.2) is 5.69 Å². The minimum absolute atomic E-state index is 0.0913. The molecule has 3 heterocycles. The predicted molar refractivity (Wildman–Crippen MR) is 117 cm³/mol. The second-order valence-corrected chi connectivity index (χ2v) is 9.57. The molecule has 5 atom stereocenters. The topological polar surface area (TPSA) is 61.0 Å². The molecule has 3 aromatic rings. The van der Waals surface area contributed by atoms with Crippen molar-refractivity contribution in [3.63, 3.8) is 0 Å². The number of fused-ring (bicyclic) bond motifs is 2. The van der Waals surface area contributed by atoms with Crippen LogP contribution in [0.5, 0.6) is 0 Å². The van der Waals surface area contributed by atoms with Crippen LogP contribution in [0.3, 0.4) is 0 Å². The van der Waals surface area contributed by atoms with Gasteiger partial charge in [-0.05, 0) is 43.7 Å². The number of carbonyl (C=O) groups excluding carboxylic acids is 1. The van der Waals surface area contributed by atoms with Crippen molar-refractivity contribution in [2.24, 2.45) is 5.41 Å². The van der Waals surface area contributed by atoms with Gasteiger partial charge >= 0.3 is 0 Å². The molecule has 3 fully saturated rings. The quantitative estimate of drug-likeness (QED) is 0.701. The largest absolute Gasteiger partial charge is 0.329 e. The van der Waals surface area contributed by atoms with Crippen LogP contribution in [0.15, 0.2) is 54.6 Å². The van der Waals surface area contributed by atoms with Crippen molar-refractivity contribution in [2.45, 2.75) is 63.2 Å². The van der Waals surface area contributed by atoms with E-state index in [0.29, 0.717) is 11.7 Å². The van der Waals surface area contributed by atoms with Crippen molar-refractivity contribution in [1.82, 2.24) is 20.4 Å². The van der Waals surface area contributed by atoms with Gasteiger partial charge in [-0.25, -0.2) is 0 Å². The van der Waals surface area contributed by atoms with Crippen LogP contribution in [-0.4, -0.2) is 45.2 Å². The fourth-order valence-electron chi connectivity index (χ4n) is 6.51. The molecule has 2 saturated heterocycles. The van der Waals surface area contributed by atoms with Gasteiger partial charge in [-0.3, -0.25) is 9.89 Å². The summed E-state index contributed by atoms with van der Waals surface area (Å²) >= 11 is 0. The lowest BCUT2D eigenvalue weighted by Crippen LogP contribution is -2.58. The fourth-order valence-corrected chi connectivity index (χ4v) is 6.51. The number of H-pyrrole nitrogens is 1. The van der Waals surface area contributed by atoms with Gasteiger partial charge in [0.05, 0.1) is 5.52 Å². The molecule has 1 saturated carbocycles. The van der Waals surface area contributed by atoms with E-state index in [1.165, 1.54) is 18.4 Å². The van der Waals surface area contributed by atoms with Crippen LogP contribution in [0.25, 0.3) is 10.9 Å². The highest BCUT2D eigenvalue weighted by atomic mass is 16.2. The Kier molecular flexibility index (Phi) is 4.03. The van der Waals surface area contributed by atoms with Crippen molar-refractivity contribution in [1.29, 1.82) is 0 Å². The van der Waals surface area contributed by atoms with E-state index in [1.54, 1.807) is 0 Å². The third-order valence-corrected chi connectivity index (χ3v) is 7.96. The second kappa shape index (κ2) is 6.67. The van der Waals surface area contributed by atoms with Crippen LogP contribution in [0.1, 0.15) is 48.7 Å². The van der Waals surface area contributed by atoms with Gasteiger partial charge in [-0.1, -0.05) is 55.5 Å². The third kappa shape index (κ3) is 2.58. The lowest BCUT2D eigenvalue weighted by atomic mass is 9.65. The zero-order valence-corrected chi connectivity index (χ0v) is 17.3. The molecule has 1 aliphatic carbocycles. The van der Waals surface area contributed by atoms with Crippen molar-refractivity contribution in [2.75, 3.05) is 0 Å². The average molecular weight is 401 g/mol. The fraction of sp³-hybridized carbons (Fsp3) is 0.440. The maximum absolute atomic E-state index is 13.9. The number of para-hydroxylation sites is 1. The molecule has 6 rings (SSSR count). The summed E-state index contributed by atoms with van der Waals surface area (Å²) in [5, 5.41) is 12.4. The van der Waals surface area contributed by atoms with Crippen molar-refractivity contribution < 1.29 is 4.79 Å². The Morgan fingerprint density at radius 1 is 1.13 bits per heavy atom. The summed E-state index contributed by atoms with van der Waals surface area (Å²) < 4.78 is 0. The van der Waals surface area contributed by atoms with Crippen LogP contribution in [0.4, 0.5) is 0 Å². The number of aromatic nitrogens is 2. The number of benzene rings is 2. The highest BCUT2D eigenvalue weighted by Crippen LogP contribution is 2.53. The Bertz CT molecular complexity index is 1090. The van der Waals surface area contributed by atoms with Crippen molar-refractivity contribution in [3.05, 3.63) is 65.9 Å². The first-order chi connectivity index (χ1) is 14.6. The van der Waals surface area contributed by atoms with E-state index in [9.17, 15) is 4.79 Å². The molecule has 5 nitrogen and oxygen atoms in total. The Morgan fingerprint density at radius 3 is 2.80 bits per heavy atom. The van der Waals surface area contributed by atoms with Crippen LogP contribution >= 0.6 is 0 Å². The summed E-state index contributed by atoms with van der Waals surface area (Å²) in [6.07, 6.45) is 5.51. The zero-order chi connectivity index (χ0) is 20.3. The van der Waals surface area contributed by atoms with Crippen molar-refractivity contribution in [3.8, 4) is 0 Å². The van der Waals surface area contributed by atoms with Gasteiger partial charge in [-0.2, -0.15) is 5.10 Å². The Balaban J connectivity index is 1.40. The summed E-state index contributed by atoms with van der Waals surface area (Å²) in [5.74, 6) is 0.0913. The van der Waals surface area contributed by atoms with Gasteiger partial charge in [0, 0.05) is 35.0 Å². The molecule has 2 aromatic carbocycles. The minimum atomic E-state index is 0.0913. The molecular formula is C25H28N4O. The van der Waals surface area contributed by atoms with Crippen LogP contribution in [0, 0.1) is 5.41 Å². The summed E-state index contributed by atoms with van der Waals surface area (Å²) in [7, 11) is 0. The van der Waals surface area contributed by atoms with E-state index < -0.39 is 0 Å². The molecule has 2 bridgehead atoms. The zero-order valence-electron chi connectivity index (χ0n) is 17.3. The monoisotopic (exact) mass is 400 g/mol. The Morgan fingerprint density at radius 2 is 1.93 bits per heavy atom. The van der Waals surface area contributed by atoms with Crippen LogP contribution in [0.2, 0.25) is 0 Å². The highest BCUT2D eigenvalue weighted by molar-refractivity contribution is 6.05. The molecule has 30 heavy (non-hydrogen) atoms. The molecule has 0 unspecified atom stereocenters. The first-order valence-corrected chi connectivity index (χ1v) is 11.2. The summed E-state index contributed by atoms with van der Waals surface area (Å²) in [6, 6.07) is 19.9. The number of aromatic amines is 1. The average Bonchev–Trinajstić information content (AvgIpc) is 3.32. The first-order valence-electron chi connectivity index (χ1n) is 11.2. The number of carbonyl (C=O) groups is 1. The number of nitrogens with zero attached hydrogens (tertiary/aromatic N) is 2. The van der Waals surface area contributed by atoms with Gasteiger partial charge in [-0.15, -0.1) is 0 Å². The van der Waals surface area contributed by atoms with E-state index in [4.69, 9.17) is 0 Å². The molecular weight excluding hydrogens is 372 g/mol. The standard InChI is InChI=1S/C25H28N4O/c1-25-15-20-19(14-16-8-3-2-4-9-16)26-21(25)12-7-13-22(25)29(20)24(30)23-17-10-5-6-11-18(17)27-28-23/h2-6,8-11,19-22,26H,7,12-15H2,1H3,(H,27,28)/t19-,20-,21+,22-,25+/m0/s1. The molecule has 2 N–H and O–H groups in total. The van der Waals surface area contributed by atoms with Gasteiger partial charge in [0.2, 0.25) is 0 Å². The lowest BCUT2D eigenvalue weighted by Gasteiger charge is -2.46. The molecule has 1 aromatic heterocycles. The van der Waals surface area contributed by atoms with Crippen LogP contribution in [-0.2, 0) is 6.42 Å². The van der Waals surface area contributed by atoms with Crippen molar-refractivity contribution >= 4 is 16.8 Å². The predicted octanol–water partition coefficient (Wildman–Crippen LogP) is 3.92. The SMILES string of the molecule is C[C@@]12C[C@H]3[C@H](Cc4ccccc4)N[C@@H]1CCC[C@@H]2N3C(=O)c1n[nH]c2ccccc12. The summed E-state index contributed by atoms with van der Waals surface area (Å²) in [5.41, 5.74) is 2.98. The summed E-state index contributed by atoms with van der Waals surface area (Å²) in [4.78, 5) is 16.1. The molecule has 154 valence electrons. The molecule has 5 heteroatoms. The first kappa shape index (κ1) is 18.1. The Hall–Kier alpha value is -2.66. The normalized spacial score (nSPS) is 32.5. The van der Waals surface area contributed by atoms with E-state index in [1.807, 2.05) is 24.3 Å². The minimum Gasteiger partial charge on any atom is -0.329 e. The molecule has 0 spiro atoms. The summed E-state index contributed by atoms with van der Waals surface area (Å²) in [6.45, 7) is 2.40. The number of nitrogens with one attached hydrogen (secondary N) is 2. The smallest absolute Gasteiger partial charge is 0.275 e. The number of likely N-dealkylation sites (tertiary alicyclic amines) is 1. The molecule has 1 amide bonds. The van der Waals surface area contributed by atoms with E-state index >= 15 is 0 Å². The van der Waals surface area contributed by atoms with E-state index in [-0.39, 0.29) is 29.4 Å². The maximum Gasteiger partial charge on any atom is 0.275 e. The lowest BCUT2D eigenvalue weighted by molar-refractivity contribution is 0.0555. The van der Waals surface area contributed by atoms with Gasteiger partial charge in [0.1, 0.15) is 0 Å². The number of amides is 1. The van der Waals surface area contributed by atoms with Gasteiger partial charge < -0.3 is 10.2 Å². The molecule has 3 aliphatic rings.